The molecule has 0 N–H and O–H groups in total. The Morgan fingerprint density at radius 2 is 1.62 bits per heavy atom. The van der Waals surface area contributed by atoms with E-state index in [-0.39, 0.29) is 5.95 Å². The van der Waals surface area contributed by atoms with Gasteiger partial charge in [-0.25, -0.2) is 19.3 Å². The van der Waals surface area contributed by atoms with Crippen LogP contribution in [0.5, 0.6) is 5.75 Å². The Balaban J connectivity index is 1.84. The van der Waals surface area contributed by atoms with Gasteiger partial charge in [-0.2, -0.15) is 10.1 Å². The Labute approximate surface area is 220 Å². The van der Waals surface area contributed by atoms with E-state index < -0.39 is 23.4 Å². The van der Waals surface area contributed by atoms with Crippen LogP contribution in [-0.2, 0) is 16.0 Å². The molecule has 1 aliphatic rings. The zero-order valence-corrected chi connectivity index (χ0v) is 22.9. The normalized spacial score (nSPS) is 13.3. The minimum atomic E-state index is -0.925. The minimum Gasteiger partial charge on any atom is -0.497 e. The number of thioether (sulfide) groups is 1. The molecule has 10 nitrogen and oxygen atoms in total. The second-order valence-corrected chi connectivity index (χ2v) is 11.4. The zero-order chi connectivity index (χ0) is 27.0. The first kappa shape index (κ1) is 26.5. The second-order valence-electron chi connectivity index (χ2n) is 10.4. The molecule has 3 heterocycles. The van der Waals surface area contributed by atoms with Gasteiger partial charge in [-0.15, -0.1) is 16.7 Å². The Bertz CT molecular complexity index is 1320. The van der Waals surface area contributed by atoms with E-state index in [0.29, 0.717) is 23.0 Å². The number of ether oxygens (including phenoxy) is 3. The number of benzene rings is 1. The average Bonchev–Trinajstić information content (AvgIpc) is 2.98. The van der Waals surface area contributed by atoms with E-state index in [1.165, 1.54) is 11.8 Å². The van der Waals surface area contributed by atoms with Crippen LogP contribution >= 0.6 is 11.8 Å². The maximum absolute atomic E-state index is 13.2. The van der Waals surface area contributed by atoms with Gasteiger partial charge in [-0.05, 0) is 65.3 Å². The summed E-state index contributed by atoms with van der Waals surface area (Å²) >= 11 is 1.47. The van der Waals surface area contributed by atoms with Gasteiger partial charge in [0.2, 0.25) is 5.95 Å². The van der Waals surface area contributed by atoms with Crippen molar-refractivity contribution in [1.82, 2.24) is 19.7 Å². The van der Waals surface area contributed by atoms with Crippen LogP contribution in [0, 0.1) is 0 Å². The topological polar surface area (TPSA) is 109 Å². The maximum Gasteiger partial charge on any atom is 0.427 e. The molecule has 0 bridgehead atoms. The van der Waals surface area contributed by atoms with Crippen molar-refractivity contribution in [2.75, 3.05) is 17.8 Å². The standard InChI is InChI=1S/C26H31N5O5S/c1-25(2,3)35-23(32)31(24(33)36-26(4,5)6)22-27-20-19-18(9-8-14-37-21(19)28-22)29-30(20)15-16-10-12-17(34-7)13-11-16/h8-13H,14-15H2,1-7H3. The van der Waals surface area contributed by atoms with Gasteiger partial charge in [0.05, 0.1) is 24.7 Å². The van der Waals surface area contributed by atoms with E-state index >= 15 is 0 Å². The van der Waals surface area contributed by atoms with Gasteiger partial charge in [0.1, 0.15) is 22.0 Å². The Morgan fingerprint density at radius 1 is 1.00 bits per heavy atom. The van der Waals surface area contributed by atoms with Crippen LogP contribution in [0.3, 0.4) is 0 Å². The summed E-state index contributed by atoms with van der Waals surface area (Å²) in [7, 11) is 1.62. The van der Waals surface area contributed by atoms with Crippen molar-refractivity contribution in [3.8, 4) is 5.75 Å². The highest BCUT2D eigenvalue weighted by Crippen LogP contribution is 2.34. The predicted octanol–water partition coefficient (Wildman–Crippen LogP) is 5.68. The van der Waals surface area contributed by atoms with Gasteiger partial charge in [-0.3, -0.25) is 0 Å². The molecule has 11 heteroatoms. The number of methoxy groups -OCH3 is 1. The van der Waals surface area contributed by atoms with Gasteiger partial charge < -0.3 is 14.2 Å². The molecule has 1 aromatic carbocycles. The number of rotatable bonds is 4. The van der Waals surface area contributed by atoms with Crippen molar-refractivity contribution in [3.05, 3.63) is 41.6 Å². The van der Waals surface area contributed by atoms with Crippen molar-refractivity contribution in [2.24, 2.45) is 0 Å². The van der Waals surface area contributed by atoms with E-state index in [9.17, 15) is 9.59 Å². The summed E-state index contributed by atoms with van der Waals surface area (Å²) in [5, 5.41) is 6.12. The minimum absolute atomic E-state index is 0.136. The van der Waals surface area contributed by atoms with Crippen LogP contribution in [0.2, 0.25) is 0 Å². The van der Waals surface area contributed by atoms with Crippen molar-refractivity contribution >= 4 is 47.0 Å². The average molecular weight is 526 g/mol. The molecule has 0 atom stereocenters. The van der Waals surface area contributed by atoms with Gasteiger partial charge in [-0.1, -0.05) is 18.2 Å². The summed E-state index contributed by atoms with van der Waals surface area (Å²) in [6.45, 7) is 10.7. The van der Waals surface area contributed by atoms with Crippen LogP contribution in [0.4, 0.5) is 15.5 Å². The smallest absolute Gasteiger partial charge is 0.427 e. The number of imide groups is 1. The molecule has 2 amide bonds. The number of anilines is 1. The summed E-state index contributed by atoms with van der Waals surface area (Å²) in [4.78, 5) is 36.4. The predicted molar refractivity (Wildman–Crippen MR) is 142 cm³/mol. The lowest BCUT2D eigenvalue weighted by molar-refractivity contribution is 0.0427. The molecule has 0 unspecified atom stereocenters. The number of carbonyl (C=O) groups excluding carboxylic acids is 2. The van der Waals surface area contributed by atoms with Gasteiger partial charge >= 0.3 is 12.2 Å². The summed E-state index contributed by atoms with van der Waals surface area (Å²) in [6, 6.07) is 7.64. The largest absolute Gasteiger partial charge is 0.497 e. The third kappa shape index (κ3) is 6.22. The quantitative estimate of drug-likeness (QED) is 0.397. The van der Waals surface area contributed by atoms with E-state index in [2.05, 4.69) is 9.97 Å². The third-order valence-corrected chi connectivity index (χ3v) is 5.94. The highest BCUT2D eigenvalue weighted by atomic mass is 32.2. The number of hydrogen-bond donors (Lipinski definition) is 0. The molecule has 0 saturated carbocycles. The van der Waals surface area contributed by atoms with E-state index in [1.54, 1.807) is 53.3 Å². The second kappa shape index (κ2) is 10.0. The first-order valence-corrected chi connectivity index (χ1v) is 12.8. The molecule has 0 saturated heterocycles. The zero-order valence-electron chi connectivity index (χ0n) is 22.1. The van der Waals surface area contributed by atoms with Crippen LogP contribution in [0.1, 0.15) is 52.8 Å². The Hall–Kier alpha value is -3.60. The molecule has 3 aromatic rings. The monoisotopic (exact) mass is 525 g/mol. The number of nitrogens with zero attached hydrogens (tertiary/aromatic N) is 5. The van der Waals surface area contributed by atoms with Gasteiger partial charge in [0.25, 0.3) is 0 Å². The number of amides is 2. The molecule has 37 heavy (non-hydrogen) atoms. The summed E-state index contributed by atoms with van der Waals surface area (Å²) < 4.78 is 18.0. The fourth-order valence-corrected chi connectivity index (χ4v) is 4.37. The number of carbonyl (C=O) groups is 2. The lowest BCUT2D eigenvalue weighted by Crippen LogP contribution is -2.44. The number of aromatic nitrogens is 4. The van der Waals surface area contributed by atoms with E-state index in [4.69, 9.17) is 19.3 Å². The molecule has 0 aliphatic carbocycles. The lowest BCUT2D eigenvalue weighted by atomic mass is 10.2. The molecule has 0 spiro atoms. The summed E-state index contributed by atoms with van der Waals surface area (Å²) in [5.74, 6) is 1.27. The summed E-state index contributed by atoms with van der Waals surface area (Å²) in [6.07, 6.45) is 2.07. The number of hydrogen-bond acceptors (Lipinski definition) is 9. The molecule has 2 aromatic heterocycles. The van der Waals surface area contributed by atoms with Crippen molar-refractivity contribution in [2.45, 2.75) is 64.3 Å². The summed E-state index contributed by atoms with van der Waals surface area (Å²) in [5.41, 5.74) is 0.478. The van der Waals surface area contributed by atoms with Gasteiger partial charge in [0.15, 0.2) is 5.65 Å². The molecular formula is C26H31N5O5S. The van der Waals surface area contributed by atoms with E-state index in [0.717, 1.165) is 27.3 Å². The van der Waals surface area contributed by atoms with Crippen LogP contribution in [0.25, 0.3) is 17.1 Å². The van der Waals surface area contributed by atoms with Crippen molar-refractivity contribution in [3.63, 3.8) is 0 Å². The van der Waals surface area contributed by atoms with Gasteiger partial charge in [0, 0.05) is 5.75 Å². The SMILES string of the molecule is COc1ccc(Cn2nc3c4c(nc(N(C(=O)OC(C)(C)C)C(=O)OC(C)(C)C)nc42)SCC=C3)cc1. The van der Waals surface area contributed by atoms with Crippen LogP contribution in [-0.4, -0.2) is 56.0 Å². The Kier molecular flexibility index (Phi) is 7.18. The molecule has 196 valence electrons. The first-order chi connectivity index (χ1) is 17.3. The van der Waals surface area contributed by atoms with Crippen molar-refractivity contribution < 1.29 is 23.8 Å². The molecule has 0 radical (unpaired) electrons. The fourth-order valence-electron chi connectivity index (χ4n) is 3.53. The van der Waals surface area contributed by atoms with Crippen LogP contribution in [0.15, 0.2) is 35.4 Å². The fraction of sp³-hybridized carbons (Fsp3) is 0.423. The highest BCUT2D eigenvalue weighted by molar-refractivity contribution is 7.99. The Morgan fingerprint density at radius 3 is 2.19 bits per heavy atom. The van der Waals surface area contributed by atoms with E-state index in [1.807, 2.05) is 36.4 Å². The van der Waals surface area contributed by atoms with Crippen LogP contribution < -0.4 is 9.64 Å². The molecular weight excluding hydrogens is 494 g/mol. The highest BCUT2D eigenvalue weighted by Gasteiger charge is 2.36. The third-order valence-electron chi connectivity index (χ3n) is 5.01. The van der Waals surface area contributed by atoms with Crippen molar-refractivity contribution in [1.29, 1.82) is 0 Å². The lowest BCUT2D eigenvalue weighted by Gasteiger charge is -2.27. The molecule has 1 aliphatic heterocycles. The molecule has 0 fully saturated rings. The first-order valence-electron chi connectivity index (χ1n) is 11.8. The molecule has 4 rings (SSSR count). The maximum atomic E-state index is 13.2.